The molecule has 17 heavy (non-hydrogen) atoms. The molecule has 0 heterocycles. The Kier molecular flexibility index (Phi) is 5.59. The van der Waals surface area contributed by atoms with Gasteiger partial charge in [-0.1, -0.05) is 31.5 Å². The second kappa shape index (κ2) is 6.72. The van der Waals surface area contributed by atoms with E-state index in [1.54, 1.807) is 6.07 Å². The van der Waals surface area contributed by atoms with E-state index in [0.29, 0.717) is 24.6 Å². The molecule has 0 spiro atoms. The molecule has 1 aromatic carbocycles. The van der Waals surface area contributed by atoms with Crippen LogP contribution in [0.15, 0.2) is 18.2 Å². The van der Waals surface area contributed by atoms with E-state index in [1.165, 1.54) is 12.1 Å². The Morgan fingerprint density at radius 2 is 2.18 bits per heavy atom. The molecule has 0 atom stereocenters. The molecule has 0 fully saturated rings. The summed E-state index contributed by atoms with van der Waals surface area (Å²) in [5, 5.41) is 3.25. The SMILES string of the molecule is CC(C)NCCC(=O)Cc1ccc(Cl)c(F)c1. The Balaban J connectivity index is 2.42. The van der Waals surface area contributed by atoms with Gasteiger partial charge < -0.3 is 5.32 Å². The van der Waals surface area contributed by atoms with Crippen LogP contribution in [0.4, 0.5) is 4.39 Å². The van der Waals surface area contributed by atoms with Gasteiger partial charge in [0.05, 0.1) is 5.02 Å². The average Bonchev–Trinajstić information content (AvgIpc) is 2.23. The zero-order chi connectivity index (χ0) is 12.8. The van der Waals surface area contributed by atoms with Crippen LogP contribution in [-0.2, 0) is 11.2 Å². The fourth-order valence-electron chi connectivity index (χ4n) is 1.47. The Hall–Kier alpha value is -0.930. The van der Waals surface area contributed by atoms with Crippen LogP contribution in [0.5, 0.6) is 0 Å². The topological polar surface area (TPSA) is 29.1 Å². The Morgan fingerprint density at radius 1 is 1.47 bits per heavy atom. The van der Waals surface area contributed by atoms with Crippen LogP contribution in [0.25, 0.3) is 0 Å². The molecule has 0 amide bonds. The van der Waals surface area contributed by atoms with Crippen LogP contribution in [0.1, 0.15) is 25.8 Å². The van der Waals surface area contributed by atoms with Gasteiger partial charge in [0.1, 0.15) is 11.6 Å². The zero-order valence-corrected chi connectivity index (χ0v) is 10.9. The first-order chi connectivity index (χ1) is 7.99. The maximum absolute atomic E-state index is 13.1. The highest BCUT2D eigenvalue weighted by Crippen LogP contribution is 2.16. The molecule has 0 radical (unpaired) electrons. The van der Waals surface area contributed by atoms with E-state index < -0.39 is 5.82 Å². The standard InChI is InChI=1S/C13H17ClFNO/c1-9(2)16-6-5-11(17)7-10-3-4-12(14)13(15)8-10/h3-4,8-9,16H,5-7H2,1-2H3. The van der Waals surface area contributed by atoms with E-state index in [-0.39, 0.29) is 17.2 Å². The molecular formula is C13H17ClFNO. The Morgan fingerprint density at radius 3 is 2.76 bits per heavy atom. The molecule has 0 saturated heterocycles. The summed E-state index contributed by atoms with van der Waals surface area (Å²) in [4.78, 5) is 11.6. The van der Waals surface area contributed by atoms with E-state index in [4.69, 9.17) is 11.6 Å². The van der Waals surface area contributed by atoms with Crippen LogP contribution < -0.4 is 5.32 Å². The second-order valence-electron chi connectivity index (χ2n) is 4.32. The van der Waals surface area contributed by atoms with Crippen LogP contribution in [0.2, 0.25) is 5.02 Å². The minimum atomic E-state index is -0.475. The van der Waals surface area contributed by atoms with Crippen molar-refractivity contribution < 1.29 is 9.18 Å². The lowest BCUT2D eigenvalue weighted by Gasteiger charge is -2.07. The quantitative estimate of drug-likeness (QED) is 0.849. The molecule has 1 rings (SSSR count). The molecule has 2 nitrogen and oxygen atoms in total. The molecule has 4 heteroatoms. The third kappa shape index (κ3) is 5.29. The fraction of sp³-hybridized carbons (Fsp3) is 0.462. The average molecular weight is 258 g/mol. The molecule has 0 aliphatic carbocycles. The third-order valence-corrected chi connectivity index (χ3v) is 2.65. The third-order valence-electron chi connectivity index (χ3n) is 2.34. The van der Waals surface area contributed by atoms with Gasteiger partial charge in [0.15, 0.2) is 0 Å². The number of carbonyl (C=O) groups excluding carboxylic acids is 1. The van der Waals surface area contributed by atoms with Crippen LogP contribution in [0.3, 0.4) is 0 Å². The van der Waals surface area contributed by atoms with E-state index in [2.05, 4.69) is 5.32 Å². The second-order valence-corrected chi connectivity index (χ2v) is 4.73. The first-order valence-electron chi connectivity index (χ1n) is 5.68. The molecule has 0 aromatic heterocycles. The Labute approximate surface area is 106 Å². The van der Waals surface area contributed by atoms with Crippen molar-refractivity contribution in [1.29, 1.82) is 0 Å². The largest absolute Gasteiger partial charge is 0.314 e. The molecule has 0 aliphatic rings. The minimum Gasteiger partial charge on any atom is -0.314 e. The first-order valence-corrected chi connectivity index (χ1v) is 6.06. The number of benzene rings is 1. The van der Waals surface area contributed by atoms with Crippen LogP contribution in [-0.4, -0.2) is 18.4 Å². The van der Waals surface area contributed by atoms with Crippen molar-refractivity contribution in [2.75, 3.05) is 6.54 Å². The molecule has 94 valence electrons. The maximum atomic E-state index is 13.1. The first kappa shape index (κ1) is 14.1. The summed E-state index contributed by atoms with van der Waals surface area (Å²) < 4.78 is 13.1. The van der Waals surface area contributed by atoms with Crippen molar-refractivity contribution >= 4 is 17.4 Å². The van der Waals surface area contributed by atoms with Gasteiger partial charge in [0.25, 0.3) is 0 Å². The maximum Gasteiger partial charge on any atom is 0.142 e. The lowest BCUT2D eigenvalue weighted by atomic mass is 10.1. The van der Waals surface area contributed by atoms with E-state index >= 15 is 0 Å². The number of carbonyl (C=O) groups is 1. The number of halogens is 2. The van der Waals surface area contributed by atoms with Crippen molar-refractivity contribution in [3.63, 3.8) is 0 Å². The van der Waals surface area contributed by atoms with Crippen molar-refractivity contribution in [3.8, 4) is 0 Å². The predicted octanol–water partition coefficient (Wildman–Crippen LogP) is 2.98. The van der Waals surface area contributed by atoms with E-state index in [1.807, 2.05) is 13.8 Å². The monoisotopic (exact) mass is 257 g/mol. The highest BCUT2D eigenvalue weighted by Gasteiger charge is 2.06. The molecule has 1 N–H and O–H groups in total. The van der Waals surface area contributed by atoms with Gasteiger partial charge in [-0.15, -0.1) is 0 Å². The summed E-state index contributed by atoms with van der Waals surface area (Å²) in [6.45, 7) is 4.71. The lowest BCUT2D eigenvalue weighted by Crippen LogP contribution is -2.25. The summed E-state index contributed by atoms with van der Waals surface area (Å²) in [6, 6.07) is 4.84. The molecule has 0 unspecified atom stereocenters. The van der Waals surface area contributed by atoms with Gasteiger partial charge in [-0.05, 0) is 17.7 Å². The molecular weight excluding hydrogens is 241 g/mol. The number of nitrogens with one attached hydrogen (secondary N) is 1. The van der Waals surface area contributed by atoms with Gasteiger partial charge in [0, 0.05) is 25.4 Å². The number of hydrogen-bond donors (Lipinski definition) is 1. The van der Waals surface area contributed by atoms with Crippen molar-refractivity contribution in [2.24, 2.45) is 0 Å². The number of rotatable bonds is 6. The van der Waals surface area contributed by atoms with Gasteiger partial charge in [0.2, 0.25) is 0 Å². The summed E-state index contributed by atoms with van der Waals surface area (Å²) in [5.41, 5.74) is 0.668. The van der Waals surface area contributed by atoms with Crippen LogP contribution >= 0.6 is 11.6 Å². The summed E-state index contributed by atoms with van der Waals surface area (Å²) in [6.07, 6.45) is 0.719. The molecule has 0 saturated carbocycles. The normalized spacial score (nSPS) is 10.9. The van der Waals surface area contributed by atoms with Crippen molar-refractivity contribution in [3.05, 3.63) is 34.6 Å². The van der Waals surface area contributed by atoms with Gasteiger partial charge in [-0.2, -0.15) is 0 Å². The zero-order valence-electron chi connectivity index (χ0n) is 10.1. The van der Waals surface area contributed by atoms with Crippen molar-refractivity contribution in [1.82, 2.24) is 5.32 Å². The van der Waals surface area contributed by atoms with Gasteiger partial charge in [-0.25, -0.2) is 4.39 Å². The highest BCUT2D eigenvalue weighted by molar-refractivity contribution is 6.30. The predicted molar refractivity (Wildman–Crippen MR) is 67.9 cm³/mol. The highest BCUT2D eigenvalue weighted by atomic mass is 35.5. The number of ketones is 1. The molecule has 0 bridgehead atoms. The van der Waals surface area contributed by atoms with Gasteiger partial charge >= 0.3 is 0 Å². The number of Topliss-reactive ketones (excluding diaryl/α,β-unsaturated/α-hetero) is 1. The summed E-state index contributed by atoms with van der Waals surface area (Å²) in [7, 11) is 0. The minimum absolute atomic E-state index is 0.0858. The number of hydrogen-bond acceptors (Lipinski definition) is 2. The van der Waals surface area contributed by atoms with E-state index in [9.17, 15) is 9.18 Å². The summed E-state index contributed by atoms with van der Waals surface area (Å²) >= 11 is 5.57. The molecule has 0 aliphatic heterocycles. The Bertz CT molecular complexity index is 393. The smallest absolute Gasteiger partial charge is 0.142 e. The fourth-order valence-corrected chi connectivity index (χ4v) is 1.58. The lowest BCUT2D eigenvalue weighted by molar-refractivity contribution is -0.118. The van der Waals surface area contributed by atoms with Crippen LogP contribution in [0, 0.1) is 5.82 Å². The molecule has 1 aromatic rings. The van der Waals surface area contributed by atoms with Crippen molar-refractivity contribution in [2.45, 2.75) is 32.7 Å². The van der Waals surface area contributed by atoms with E-state index in [0.717, 1.165) is 0 Å². The van der Waals surface area contributed by atoms with Gasteiger partial charge in [-0.3, -0.25) is 4.79 Å². The summed E-state index contributed by atoms with van der Waals surface area (Å²) in [5.74, 6) is -0.378.